The molecule has 0 aliphatic rings. The predicted molar refractivity (Wildman–Crippen MR) is 184 cm³/mol. The molecular formula is C36H50N4O5S. The third kappa shape index (κ3) is 10.7. The number of benzene rings is 3. The van der Waals surface area contributed by atoms with Gasteiger partial charge >= 0.3 is 0 Å². The first-order valence-electron chi connectivity index (χ1n) is 15.9. The fraction of sp³-hybridized carbons (Fsp3) is 0.444. The molecule has 0 fully saturated rings. The van der Waals surface area contributed by atoms with Crippen molar-refractivity contribution in [2.24, 2.45) is 11.3 Å². The zero-order valence-electron chi connectivity index (χ0n) is 27.7. The summed E-state index contributed by atoms with van der Waals surface area (Å²) in [4.78, 5) is 26.3. The maximum atomic E-state index is 13.5. The standard InChI is InChI=1S/C36H50N4O5S/c1-26(2)24-40(46(44,45)32-20-18-30(37)19-21-32)31(25-41)13-9-10-22-38-34(42)33(39-35(43)36(3,4)5)23-27-14-16-29(17-15-27)28-11-7-6-8-12-28/h6-8,11-12,14-21,26,31,33,41H,9-10,13,22-25,37H2,1-5H3,(H,38,42)(H,39,43)/t31-,33-/m0/s1. The molecular weight excluding hydrogens is 600 g/mol. The van der Waals surface area contributed by atoms with E-state index in [1.165, 1.54) is 16.4 Å². The van der Waals surface area contributed by atoms with E-state index in [0.717, 1.165) is 16.7 Å². The number of rotatable bonds is 16. The average Bonchev–Trinajstić information content (AvgIpc) is 3.02. The summed E-state index contributed by atoms with van der Waals surface area (Å²) >= 11 is 0. The van der Waals surface area contributed by atoms with Gasteiger partial charge in [0.05, 0.1) is 11.5 Å². The maximum Gasteiger partial charge on any atom is 0.243 e. The molecule has 0 unspecified atom stereocenters. The van der Waals surface area contributed by atoms with Crippen LogP contribution in [-0.2, 0) is 26.0 Å². The highest BCUT2D eigenvalue weighted by Gasteiger charge is 2.32. The number of carbonyl (C=O) groups is 2. The lowest BCUT2D eigenvalue weighted by atomic mass is 9.94. The third-order valence-electron chi connectivity index (χ3n) is 7.72. The van der Waals surface area contributed by atoms with Crippen LogP contribution < -0.4 is 16.4 Å². The van der Waals surface area contributed by atoms with Gasteiger partial charge in [-0.3, -0.25) is 9.59 Å². The van der Waals surface area contributed by atoms with Crippen LogP contribution in [-0.4, -0.2) is 61.4 Å². The summed E-state index contributed by atoms with van der Waals surface area (Å²) in [7, 11) is -3.86. The van der Waals surface area contributed by atoms with Gasteiger partial charge in [-0.25, -0.2) is 8.42 Å². The first kappa shape index (κ1) is 36.7. The summed E-state index contributed by atoms with van der Waals surface area (Å²) in [6.07, 6.45) is 1.91. The van der Waals surface area contributed by atoms with Crippen molar-refractivity contribution < 1.29 is 23.1 Å². The number of nitrogens with one attached hydrogen (secondary N) is 2. The molecule has 0 saturated carbocycles. The zero-order valence-corrected chi connectivity index (χ0v) is 28.5. The van der Waals surface area contributed by atoms with E-state index in [0.29, 0.717) is 37.9 Å². The third-order valence-corrected chi connectivity index (χ3v) is 9.65. The summed E-state index contributed by atoms with van der Waals surface area (Å²) in [5, 5.41) is 16.1. The number of nitrogens with zero attached hydrogens (tertiary/aromatic N) is 1. The number of nitrogens with two attached hydrogens (primary N) is 1. The van der Waals surface area contributed by atoms with Gasteiger partial charge in [0.2, 0.25) is 21.8 Å². The Morgan fingerprint density at radius 3 is 2.07 bits per heavy atom. The molecule has 3 rings (SSSR count). The molecule has 0 spiro atoms. The van der Waals surface area contributed by atoms with Crippen molar-refractivity contribution in [1.29, 1.82) is 0 Å². The highest BCUT2D eigenvalue weighted by Crippen LogP contribution is 2.24. The van der Waals surface area contributed by atoms with Crippen LogP contribution in [0.25, 0.3) is 11.1 Å². The smallest absolute Gasteiger partial charge is 0.243 e. The molecule has 0 heterocycles. The zero-order chi connectivity index (χ0) is 33.9. The van der Waals surface area contributed by atoms with Gasteiger partial charge in [0, 0.05) is 36.7 Å². The van der Waals surface area contributed by atoms with Crippen LogP contribution in [0, 0.1) is 11.3 Å². The summed E-state index contributed by atoms with van der Waals surface area (Å²) in [5.74, 6) is -0.450. The summed E-state index contributed by atoms with van der Waals surface area (Å²) in [5.41, 5.74) is 8.65. The minimum Gasteiger partial charge on any atom is -0.399 e. The van der Waals surface area contributed by atoms with Gasteiger partial charge in [0.1, 0.15) is 6.04 Å². The molecule has 3 aromatic rings. The second-order valence-corrected chi connectivity index (χ2v) is 15.1. The van der Waals surface area contributed by atoms with E-state index in [4.69, 9.17) is 5.73 Å². The SMILES string of the molecule is CC(C)CN([C@H](CO)CCCCNC(=O)[C@H](Cc1ccc(-c2ccccc2)cc1)NC(=O)C(C)(C)C)S(=O)(=O)c1ccc(N)cc1. The first-order chi connectivity index (χ1) is 21.7. The molecule has 5 N–H and O–H groups in total. The molecule has 46 heavy (non-hydrogen) atoms. The molecule has 0 bridgehead atoms. The van der Waals surface area contributed by atoms with Gasteiger partial charge in [-0.15, -0.1) is 0 Å². The van der Waals surface area contributed by atoms with Crippen LogP contribution in [0.4, 0.5) is 5.69 Å². The number of hydrogen-bond donors (Lipinski definition) is 4. The van der Waals surface area contributed by atoms with Crippen LogP contribution >= 0.6 is 0 Å². The molecule has 0 aromatic heterocycles. The first-order valence-corrected chi connectivity index (χ1v) is 17.4. The van der Waals surface area contributed by atoms with E-state index in [1.54, 1.807) is 32.9 Å². The number of carbonyl (C=O) groups excluding carboxylic acids is 2. The number of nitrogen functional groups attached to an aromatic ring is 1. The highest BCUT2D eigenvalue weighted by molar-refractivity contribution is 7.89. The van der Waals surface area contributed by atoms with Gasteiger partial charge in [-0.1, -0.05) is 95.6 Å². The molecule has 250 valence electrons. The highest BCUT2D eigenvalue weighted by atomic mass is 32.2. The van der Waals surface area contributed by atoms with Crippen molar-refractivity contribution in [1.82, 2.24) is 14.9 Å². The molecule has 0 saturated heterocycles. The largest absolute Gasteiger partial charge is 0.399 e. The average molecular weight is 651 g/mol. The Morgan fingerprint density at radius 2 is 1.50 bits per heavy atom. The van der Waals surface area contributed by atoms with Crippen molar-refractivity contribution >= 4 is 27.5 Å². The second kappa shape index (κ2) is 16.7. The number of amides is 2. The predicted octanol–water partition coefficient (Wildman–Crippen LogP) is 5.00. The number of sulfonamides is 1. The Labute approximate surface area is 274 Å². The van der Waals surface area contributed by atoms with Crippen molar-refractivity contribution in [3.8, 4) is 11.1 Å². The molecule has 0 aliphatic carbocycles. The Kier molecular flexibility index (Phi) is 13.4. The van der Waals surface area contributed by atoms with Crippen LogP contribution in [0.5, 0.6) is 0 Å². The van der Waals surface area contributed by atoms with Crippen LogP contribution in [0.2, 0.25) is 0 Å². The molecule has 0 aliphatic heterocycles. The van der Waals surface area contributed by atoms with Gasteiger partial charge in [-0.05, 0) is 59.7 Å². The van der Waals surface area contributed by atoms with E-state index < -0.39 is 27.5 Å². The maximum absolute atomic E-state index is 13.5. The molecule has 2 atom stereocenters. The monoisotopic (exact) mass is 650 g/mol. The topological polar surface area (TPSA) is 142 Å². The summed E-state index contributed by atoms with van der Waals surface area (Å²) in [6, 6.07) is 22.7. The molecule has 0 radical (unpaired) electrons. The van der Waals surface area contributed by atoms with E-state index in [1.807, 2.05) is 68.4 Å². The van der Waals surface area contributed by atoms with E-state index in [9.17, 15) is 23.1 Å². The normalized spacial score (nSPS) is 13.4. The minimum atomic E-state index is -3.86. The van der Waals surface area contributed by atoms with Crippen molar-refractivity contribution in [3.05, 3.63) is 84.4 Å². The molecule has 10 heteroatoms. The van der Waals surface area contributed by atoms with Crippen LogP contribution in [0.3, 0.4) is 0 Å². The van der Waals surface area contributed by atoms with Crippen molar-refractivity contribution in [3.63, 3.8) is 0 Å². The Morgan fingerprint density at radius 1 is 0.891 bits per heavy atom. The Hall–Kier alpha value is -3.73. The number of unbranched alkanes of at least 4 members (excludes halogenated alkanes) is 1. The van der Waals surface area contributed by atoms with Gasteiger partial charge in [-0.2, -0.15) is 4.31 Å². The Bertz CT molecular complexity index is 1500. The lowest BCUT2D eigenvalue weighted by Crippen LogP contribution is -2.51. The fourth-order valence-corrected chi connectivity index (χ4v) is 6.84. The van der Waals surface area contributed by atoms with Crippen molar-refractivity contribution in [2.75, 3.05) is 25.4 Å². The van der Waals surface area contributed by atoms with E-state index in [-0.39, 0.29) is 35.8 Å². The second-order valence-electron chi connectivity index (χ2n) is 13.2. The van der Waals surface area contributed by atoms with E-state index in [2.05, 4.69) is 10.6 Å². The van der Waals surface area contributed by atoms with Crippen molar-refractivity contribution in [2.45, 2.75) is 77.3 Å². The molecule has 3 aromatic carbocycles. The quantitative estimate of drug-likeness (QED) is 0.127. The summed E-state index contributed by atoms with van der Waals surface area (Å²) < 4.78 is 28.4. The van der Waals surface area contributed by atoms with Gasteiger partial charge < -0.3 is 21.5 Å². The number of aliphatic hydroxyl groups excluding tert-OH is 1. The van der Waals surface area contributed by atoms with Gasteiger partial charge in [0.15, 0.2) is 0 Å². The van der Waals surface area contributed by atoms with Gasteiger partial charge in [0.25, 0.3) is 0 Å². The van der Waals surface area contributed by atoms with Crippen LogP contribution in [0.1, 0.15) is 59.4 Å². The lowest BCUT2D eigenvalue weighted by Gasteiger charge is -2.31. The minimum absolute atomic E-state index is 0.0479. The lowest BCUT2D eigenvalue weighted by molar-refractivity contribution is -0.133. The van der Waals surface area contributed by atoms with Crippen LogP contribution in [0.15, 0.2) is 83.8 Å². The van der Waals surface area contributed by atoms with E-state index >= 15 is 0 Å². The molecule has 2 amide bonds. The fourth-order valence-electron chi connectivity index (χ4n) is 5.03. The number of hydrogen-bond acceptors (Lipinski definition) is 6. The Balaban J connectivity index is 1.62. The molecule has 9 nitrogen and oxygen atoms in total. The number of anilines is 1. The number of aliphatic hydroxyl groups is 1. The summed E-state index contributed by atoms with van der Waals surface area (Å²) in [6.45, 7) is 9.57.